The van der Waals surface area contributed by atoms with Crippen molar-refractivity contribution in [3.63, 3.8) is 0 Å². The van der Waals surface area contributed by atoms with Crippen LogP contribution in [0.3, 0.4) is 0 Å². The molecule has 0 aliphatic carbocycles. The highest BCUT2D eigenvalue weighted by atomic mass is 35.5. The predicted molar refractivity (Wildman–Crippen MR) is 94.3 cm³/mol. The van der Waals surface area contributed by atoms with Crippen molar-refractivity contribution in [3.8, 4) is 0 Å². The van der Waals surface area contributed by atoms with Gasteiger partial charge in [-0.05, 0) is 35.7 Å². The van der Waals surface area contributed by atoms with Gasteiger partial charge >= 0.3 is 0 Å². The van der Waals surface area contributed by atoms with Gasteiger partial charge in [0.25, 0.3) is 0 Å². The van der Waals surface area contributed by atoms with Crippen molar-refractivity contribution in [2.75, 3.05) is 19.4 Å². The fourth-order valence-corrected chi connectivity index (χ4v) is 3.72. The van der Waals surface area contributed by atoms with Crippen molar-refractivity contribution in [3.05, 3.63) is 51.7 Å². The summed E-state index contributed by atoms with van der Waals surface area (Å²) in [5.74, 6) is -0.353. The van der Waals surface area contributed by atoms with Crippen molar-refractivity contribution in [2.24, 2.45) is 0 Å². The van der Waals surface area contributed by atoms with Gasteiger partial charge in [0.15, 0.2) is 0 Å². The summed E-state index contributed by atoms with van der Waals surface area (Å²) in [5, 5.41) is 4.63. The number of carbonyl (C=O) groups excluding carboxylic acids is 1. The average Bonchev–Trinajstić information content (AvgIpc) is 3.00. The summed E-state index contributed by atoms with van der Waals surface area (Å²) >= 11 is 7.47. The van der Waals surface area contributed by atoms with Crippen molar-refractivity contribution >= 4 is 50.6 Å². The zero-order chi connectivity index (χ0) is 17.0. The van der Waals surface area contributed by atoms with Crippen LogP contribution in [-0.4, -0.2) is 32.7 Å². The van der Waals surface area contributed by atoms with Gasteiger partial charge in [-0.25, -0.2) is 12.7 Å². The first-order valence-corrected chi connectivity index (χ1v) is 9.25. The van der Waals surface area contributed by atoms with Crippen LogP contribution in [0.15, 0.2) is 46.7 Å². The van der Waals surface area contributed by atoms with E-state index in [2.05, 4.69) is 5.32 Å². The Hall–Kier alpha value is -1.67. The zero-order valence-electron chi connectivity index (χ0n) is 12.5. The van der Waals surface area contributed by atoms with Gasteiger partial charge in [0.2, 0.25) is 15.9 Å². The number of thiophene rings is 1. The van der Waals surface area contributed by atoms with Crippen molar-refractivity contribution in [1.29, 1.82) is 0 Å². The number of hydrogen-bond acceptors (Lipinski definition) is 4. The molecule has 0 spiro atoms. The van der Waals surface area contributed by atoms with Crippen molar-refractivity contribution < 1.29 is 13.2 Å². The highest BCUT2D eigenvalue weighted by molar-refractivity contribution is 7.89. The topological polar surface area (TPSA) is 66.5 Å². The van der Waals surface area contributed by atoms with Crippen LogP contribution in [0.5, 0.6) is 0 Å². The van der Waals surface area contributed by atoms with E-state index in [9.17, 15) is 13.2 Å². The lowest BCUT2D eigenvalue weighted by Crippen LogP contribution is -2.22. The SMILES string of the molecule is CN(C)S(=O)(=O)c1cc(NC(=O)C=Cc2cccs2)ccc1Cl. The fourth-order valence-electron chi connectivity index (χ4n) is 1.70. The summed E-state index contributed by atoms with van der Waals surface area (Å²) in [6.45, 7) is 0. The summed E-state index contributed by atoms with van der Waals surface area (Å²) in [7, 11) is -0.845. The number of sulfonamides is 1. The number of halogens is 1. The van der Waals surface area contributed by atoms with Gasteiger partial charge in [0.05, 0.1) is 5.02 Å². The first-order valence-electron chi connectivity index (χ1n) is 6.55. The fraction of sp³-hybridized carbons (Fsp3) is 0.133. The minimum atomic E-state index is -3.68. The number of amides is 1. The smallest absolute Gasteiger partial charge is 0.248 e. The molecule has 2 aromatic rings. The highest BCUT2D eigenvalue weighted by Gasteiger charge is 2.21. The molecule has 122 valence electrons. The number of benzene rings is 1. The monoisotopic (exact) mass is 370 g/mol. The van der Waals surface area contributed by atoms with Crippen LogP contribution in [0, 0.1) is 0 Å². The Morgan fingerprint density at radius 3 is 2.65 bits per heavy atom. The van der Waals surface area contributed by atoms with Crippen molar-refractivity contribution in [2.45, 2.75) is 4.90 Å². The zero-order valence-corrected chi connectivity index (χ0v) is 14.9. The maximum Gasteiger partial charge on any atom is 0.248 e. The molecule has 0 bridgehead atoms. The van der Waals surface area contributed by atoms with Crippen LogP contribution in [0.2, 0.25) is 5.02 Å². The summed E-state index contributed by atoms with van der Waals surface area (Å²) in [6, 6.07) is 8.11. The van der Waals surface area contributed by atoms with E-state index < -0.39 is 10.0 Å². The molecule has 1 aromatic carbocycles. The molecule has 0 aliphatic heterocycles. The Morgan fingerprint density at radius 1 is 1.30 bits per heavy atom. The first-order chi connectivity index (χ1) is 10.8. The Bertz CT molecular complexity index is 828. The molecular formula is C15H15ClN2O3S2. The molecule has 0 radical (unpaired) electrons. The molecule has 0 aliphatic rings. The normalized spacial score (nSPS) is 12.0. The maximum atomic E-state index is 12.2. The van der Waals surface area contributed by atoms with E-state index >= 15 is 0 Å². The molecule has 0 atom stereocenters. The van der Waals surface area contributed by atoms with Gasteiger partial charge < -0.3 is 5.32 Å². The Labute approximate surface area is 144 Å². The molecule has 0 saturated carbocycles. The number of carbonyl (C=O) groups is 1. The highest BCUT2D eigenvalue weighted by Crippen LogP contribution is 2.26. The molecule has 8 heteroatoms. The lowest BCUT2D eigenvalue weighted by molar-refractivity contribution is -0.111. The molecule has 1 N–H and O–H groups in total. The minimum absolute atomic E-state index is 0.0517. The molecule has 1 amide bonds. The van der Waals surface area contributed by atoms with Crippen molar-refractivity contribution in [1.82, 2.24) is 4.31 Å². The minimum Gasteiger partial charge on any atom is -0.322 e. The number of nitrogens with one attached hydrogen (secondary N) is 1. The molecule has 2 rings (SSSR count). The first kappa shape index (κ1) is 17.7. The number of nitrogens with zero attached hydrogens (tertiary/aromatic N) is 1. The molecule has 0 fully saturated rings. The van der Waals surface area contributed by atoms with Gasteiger partial charge in [-0.3, -0.25) is 4.79 Å². The molecule has 23 heavy (non-hydrogen) atoms. The molecule has 0 unspecified atom stereocenters. The van der Waals surface area contributed by atoms with Crippen LogP contribution >= 0.6 is 22.9 Å². The molecule has 0 saturated heterocycles. The summed E-state index contributed by atoms with van der Waals surface area (Å²) in [6.07, 6.45) is 3.08. The van der Waals surface area contributed by atoms with E-state index in [-0.39, 0.29) is 15.8 Å². The van der Waals surface area contributed by atoms with E-state index in [0.717, 1.165) is 9.18 Å². The third-order valence-electron chi connectivity index (χ3n) is 2.90. The Morgan fingerprint density at radius 2 is 2.04 bits per heavy atom. The molecule has 1 heterocycles. The number of rotatable bonds is 5. The van der Waals surface area contributed by atoms with Gasteiger partial charge in [0.1, 0.15) is 4.90 Å². The van der Waals surface area contributed by atoms with Crippen LogP contribution in [-0.2, 0) is 14.8 Å². The molecule has 5 nitrogen and oxygen atoms in total. The Balaban J connectivity index is 2.20. The summed E-state index contributed by atoms with van der Waals surface area (Å²) in [5.41, 5.74) is 0.357. The number of hydrogen-bond donors (Lipinski definition) is 1. The van der Waals surface area contributed by atoms with E-state index in [1.54, 1.807) is 12.1 Å². The third-order valence-corrected chi connectivity index (χ3v) is 6.03. The van der Waals surface area contributed by atoms with Crippen LogP contribution in [0.25, 0.3) is 6.08 Å². The van der Waals surface area contributed by atoms with E-state index in [0.29, 0.717) is 5.69 Å². The van der Waals surface area contributed by atoms with E-state index in [4.69, 9.17) is 11.6 Å². The second-order valence-corrected chi connectivity index (χ2v) is 8.28. The molecular weight excluding hydrogens is 356 g/mol. The number of anilines is 1. The van der Waals surface area contributed by atoms with Crippen LogP contribution < -0.4 is 5.32 Å². The van der Waals surface area contributed by atoms with Gasteiger partial charge in [-0.2, -0.15) is 0 Å². The second kappa shape index (κ2) is 7.27. The van der Waals surface area contributed by atoms with E-state index in [1.807, 2.05) is 17.5 Å². The van der Waals surface area contributed by atoms with Gasteiger partial charge in [-0.1, -0.05) is 17.7 Å². The van der Waals surface area contributed by atoms with Crippen LogP contribution in [0.4, 0.5) is 5.69 Å². The average molecular weight is 371 g/mol. The lowest BCUT2D eigenvalue weighted by Gasteiger charge is -2.14. The largest absolute Gasteiger partial charge is 0.322 e. The summed E-state index contributed by atoms with van der Waals surface area (Å²) in [4.78, 5) is 12.8. The Kier molecular flexibility index (Phi) is 5.59. The van der Waals surface area contributed by atoms with E-state index in [1.165, 1.54) is 43.6 Å². The predicted octanol–water partition coefficient (Wildman–Crippen LogP) is 3.30. The second-order valence-electron chi connectivity index (χ2n) is 4.77. The lowest BCUT2D eigenvalue weighted by atomic mass is 10.3. The summed E-state index contributed by atoms with van der Waals surface area (Å²) < 4.78 is 25.4. The van der Waals surface area contributed by atoms with Gasteiger partial charge in [0, 0.05) is 30.7 Å². The molecule has 1 aromatic heterocycles. The standard InChI is InChI=1S/C15H15ClN2O3S2/c1-18(2)23(20,21)14-10-11(5-7-13(14)16)17-15(19)8-6-12-4-3-9-22-12/h3-10H,1-2H3,(H,17,19). The quantitative estimate of drug-likeness (QED) is 0.821. The van der Waals surface area contributed by atoms with Crippen LogP contribution in [0.1, 0.15) is 4.88 Å². The van der Waals surface area contributed by atoms with Gasteiger partial charge in [-0.15, -0.1) is 11.3 Å². The third kappa shape index (κ3) is 4.42. The maximum absolute atomic E-state index is 12.2.